The van der Waals surface area contributed by atoms with Gasteiger partial charge in [0.15, 0.2) is 0 Å². The fourth-order valence-corrected chi connectivity index (χ4v) is 3.43. The van der Waals surface area contributed by atoms with Gasteiger partial charge in [-0.1, -0.05) is 36.4 Å². The summed E-state index contributed by atoms with van der Waals surface area (Å²) < 4.78 is 32.4. The Bertz CT molecular complexity index is 1190. The van der Waals surface area contributed by atoms with E-state index in [0.29, 0.717) is 22.6 Å². The number of benzene rings is 3. The number of anilines is 1. The zero-order valence-corrected chi connectivity index (χ0v) is 16.6. The van der Waals surface area contributed by atoms with Crippen molar-refractivity contribution in [2.45, 2.75) is 6.54 Å². The second-order valence-corrected chi connectivity index (χ2v) is 6.90. The summed E-state index contributed by atoms with van der Waals surface area (Å²) in [5.41, 5.74) is 1.43. The maximum Gasteiger partial charge on any atom is 0.278 e. The van der Waals surface area contributed by atoms with Gasteiger partial charge in [-0.2, -0.15) is 0 Å². The SMILES string of the molecule is COc1ccccc1CN1C(=O)C(Nc2cccc(F)c2)=C(c2ccc(F)cc2)C1=O. The second kappa shape index (κ2) is 8.39. The van der Waals surface area contributed by atoms with Crippen LogP contribution in [0.4, 0.5) is 14.5 Å². The minimum atomic E-state index is -0.570. The van der Waals surface area contributed by atoms with Crippen LogP contribution in [0.3, 0.4) is 0 Å². The van der Waals surface area contributed by atoms with E-state index in [-0.39, 0.29) is 17.8 Å². The van der Waals surface area contributed by atoms with Crippen LogP contribution in [-0.4, -0.2) is 23.8 Å². The van der Waals surface area contributed by atoms with Crippen LogP contribution in [0.15, 0.2) is 78.5 Å². The maximum atomic E-state index is 13.7. The molecule has 0 saturated heterocycles. The van der Waals surface area contributed by atoms with Crippen LogP contribution in [0.5, 0.6) is 5.75 Å². The second-order valence-electron chi connectivity index (χ2n) is 6.90. The summed E-state index contributed by atoms with van der Waals surface area (Å²) >= 11 is 0. The molecule has 1 N–H and O–H groups in total. The molecule has 0 bridgehead atoms. The molecule has 0 saturated carbocycles. The third kappa shape index (κ3) is 4.02. The fraction of sp³-hybridized carbons (Fsp3) is 0.0833. The minimum Gasteiger partial charge on any atom is -0.496 e. The number of carbonyl (C=O) groups excluding carboxylic acids is 2. The Morgan fingerprint density at radius 3 is 2.32 bits per heavy atom. The van der Waals surface area contributed by atoms with Crippen molar-refractivity contribution in [3.63, 3.8) is 0 Å². The highest BCUT2D eigenvalue weighted by molar-refractivity contribution is 6.36. The third-order valence-electron chi connectivity index (χ3n) is 4.92. The topological polar surface area (TPSA) is 58.6 Å². The molecule has 0 radical (unpaired) electrons. The average molecular weight is 420 g/mol. The molecular formula is C24H18F2N2O3. The van der Waals surface area contributed by atoms with E-state index in [2.05, 4.69) is 5.32 Å². The van der Waals surface area contributed by atoms with Crippen LogP contribution in [-0.2, 0) is 16.1 Å². The minimum absolute atomic E-state index is 0.00268. The Hall–Kier alpha value is -4.00. The molecule has 0 aromatic heterocycles. The summed E-state index contributed by atoms with van der Waals surface area (Å²) in [5.74, 6) is -1.53. The van der Waals surface area contributed by atoms with Crippen molar-refractivity contribution in [1.29, 1.82) is 0 Å². The predicted molar refractivity (Wildman–Crippen MR) is 112 cm³/mol. The van der Waals surface area contributed by atoms with Gasteiger partial charge in [0.25, 0.3) is 11.8 Å². The van der Waals surface area contributed by atoms with E-state index < -0.39 is 23.4 Å². The van der Waals surface area contributed by atoms with E-state index in [1.165, 1.54) is 49.6 Å². The Balaban J connectivity index is 1.75. The molecule has 0 fully saturated rings. The van der Waals surface area contributed by atoms with Gasteiger partial charge in [-0.25, -0.2) is 8.78 Å². The number of para-hydroxylation sites is 1. The normalized spacial score (nSPS) is 13.7. The highest BCUT2D eigenvalue weighted by Crippen LogP contribution is 2.33. The van der Waals surface area contributed by atoms with Crippen LogP contribution in [0.1, 0.15) is 11.1 Å². The van der Waals surface area contributed by atoms with Gasteiger partial charge < -0.3 is 10.1 Å². The lowest BCUT2D eigenvalue weighted by Gasteiger charge is -2.17. The highest BCUT2D eigenvalue weighted by Gasteiger charge is 2.39. The van der Waals surface area contributed by atoms with E-state index in [4.69, 9.17) is 4.74 Å². The van der Waals surface area contributed by atoms with Crippen molar-refractivity contribution >= 4 is 23.1 Å². The van der Waals surface area contributed by atoms with Gasteiger partial charge in [0.2, 0.25) is 0 Å². The summed E-state index contributed by atoms with van der Waals surface area (Å²) in [5, 5.41) is 2.87. The van der Waals surface area contributed by atoms with E-state index in [1.54, 1.807) is 30.3 Å². The molecule has 5 nitrogen and oxygen atoms in total. The van der Waals surface area contributed by atoms with E-state index in [9.17, 15) is 18.4 Å². The fourth-order valence-electron chi connectivity index (χ4n) is 3.43. The summed E-state index contributed by atoms with van der Waals surface area (Å²) in [6.45, 7) is -0.0132. The number of carbonyl (C=O) groups is 2. The van der Waals surface area contributed by atoms with Gasteiger partial charge in [-0.05, 0) is 42.0 Å². The van der Waals surface area contributed by atoms with Crippen LogP contribution < -0.4 is 10.1 Å². The van der Waals surface area contributed by atoms with Crippen LogP contribution in [0.2, 0.25) is 0 Å². The maximum absolute atomic E-state index is 13.7. The van der Waals surface area contributed by atoms with E-state index in [1.807, 2.05) is 0 Å². The monoisotopic (exact) mass is 420 g/mol. The number of hydrogen-bond acceptors (Lipinski definition) is 4. The van der Waals surface area contributed by atoms with Crippen molar-refractivity contribution in [2.24, 2.45) is 0 Å². The van der Waals surface area contributed by atoms with Crippen molar-refractivity contribution in [3.05, 3.63) is 101 Å². The lowest BCUT2D eigenvalue weighted by molar-refractivity contribution is -0.137. The van der Waals surface area contributed by atoms with Gasteiger partial charge in [0.1, 0.15) is 23.1 Å². The molecule has 1 aliphatic rings. The first kappa shape index (κ1) is 20.3. The molecule has 0 spiro atoms. The van der Waals surface area contributed by atoms with Crippen LogP contribution in [0.25, 0.3) is 5.57 Å². The molecule has 0 unspecified atom stereocenters. The summed E-state index contributed by atoms with van der Waals surface area (Å²) in [7, 11) is 1.51. The Morgan fingerprint density at radius 1 is 0.871 bits per heavy atom. The lowest BCUT2D eigenvalue weighted by atomic mass is 10.0. The number of amides is 2. The van der Waals surface area contributed by atoms with Crippen LogP contribution in [0, 0.1) is 11.6 Å². The standard InChI is InChI=1S/C24H18F2N2O3/c1-31-20-8-3-2-5-16(20)14-28-23(29)21(15-9-11-17(25)12-10-15)22(24(28)30)27-19-7-4-6-18(26)13-19/h2-13,27H,14H2,1H3. The first-order valence-corrected chi connectivity index (χ1v) is 9.49. The molecule has 31 heavy (non-hydrogen) atoms. The molecular weight excluding hydrogens is 402 g/mol. The lowest BCUT2D eigenvalue weighted by Crippen LogP contribution is -2.32. The molecule has 2 amide bonds. The number of imide groups is 1. The number of rotatable bonds is 6. The van der Waals surface area contributed by atoms with Gasteiger partial charge in [-0.15, -0.1) is 0 Å². The van der Waals surface area contributed by atoms with Gasteiger partial charge in [0, 0.05) is 11.3 Å². The van der Waals surface area contributed by atoms with Gasteiger partial charge >= 0.3 is 0 Å². The Labute approximate surface area is 177 Å². The van der Waals surface area contributed by atoms with E-state index in [0.717, 1.165) is 4.90 Å². The zero-order valence-electron chi connectivity index (χ0n) is 16.6. The van der Waals surface area contributed by atoms with Gasteiger partial charge in [0.05, 0.1) is 19.2 Å². The van der Waals surface area contributed by atoms with Crippen molar-refractivity contribution < 1.29 is 23.1 Å². The molecule has 3 aromatic rings. The zero-order chi connectivity index (χ0) is 22.0. The Morgan fingerprint density at radius 2 is 1.61 bits per heavy atom. The number of nitrogens with one attached hydrogen (secondary N) is 1. The summed E-state index contributed by atoms with van der Waals surface area (Å²) in [6, 6.07) is 17.9. The van der Waals surface area contributed by atoms with Crippen LogP contribution >= 0.6 is 0 Å². The molecule has 1 aliphatic heterocycles. The number of methoxy groups -OCH3 is 1. The van der Waals surface area contributed by atoms with E-state index >= 15 is 0 Å². The van der Waals surface area contributed by atoms with Gasteiger partial charge in [-0.3, -0.25) is 14.5 Å². The Kier molecular flexibility index (Phi) is 5.49. The quantitative estimate of drug-likeness (QED) is 0.602. The third-order valence-corrected chi connectivity index (χ3v) is 4.92. The molecule has 0 atom stereocenters. The largest absolute Gasteiger partial charge is 0.496 e. The highest BCUT2D eigenvalue weighted by atomic mass is 19.1. The summed E-state index contributed by atoms with van der Waals surface area (Å²) in [4.78, 5) is 27.6. The van der Waals surface area contributed by atoms with Crippen molar-refractivity contribution in [2.75, 3.05) is 12.4 Å². The number of hydrogen-bond donors (Lipinski definition) is 1. The van der Waals surface area contributed by atoms with Crippen molar-refractivity contribution in [3.8, 4) is 5.75 Å². The molecule has 0 aliphatic carbocycles. The molecule has 1 heterocycles. The number of nitrogens with zero attached hydrogens (tertiary/aromatic N) is 1. The average Bonchev–Trinajstić information content (AvgIpc) is 2.99. The molecule has 3 aromatic carbocycles. The number of halogens is 2. The molecule has 156 valence electrons. The molecule has 7 heteroatoms. The number of ether oxygens (including phenoxy) is 1. The first-order chi connectivity index (χ1) is 15.0. The smallest absolute Gasteiger partial charge is 0.278 e. The molecule has 4 rings (SSSR count). The predicted octanol–water partition coefficient (Wildman–Crippen LogP) is 4.37. The first-order valence-electron chi connectivity index (χ1n) is 9.49. The summed E-state index contributed by atoms with van der Waals surface area (Å²) in [6.07, 6.45) is 0. The van der Waals surface area contributed by atoms with Crippen molar-refractivity contribution in [1.82, 2.24) is 4.90 Å².